The number of anilines is 1. The highest BCUT2D eigenvalue weighted by Gasteiger charge is 2.40. The van der Waals surface area contributed by atoms with Gasteiger partial charge in [-0.25, -0.2) is 0 Å². The summed E-state index contributed by atoms with van der Waals surface area (Å²) in [6.07, 6.45) is 0. The first-order valence-corrected chi connectivity index (χ1v) is 13.1. The molecule has 0 aliphatic carbocycles. The largest absolute Gasteiger partial charge is 0.497 e. The van der Waals surface area contributed by atoms with Gasteiger partial charge in [0.05, 0.1) is 12.8 Å². The average molecular weight is 519 g/mol. The van der Waals surface area contributed by atoms with Crippen molar-refractivity contribution in [2.24, 2.45) is 0 Å². The molecule has 1 aromatic rings. The standard InChI is InChI=1S/C18H22N4O6S4/c1-4-20-28-32(25,26)10-22-13-9-12(27-3)5-6-14(13)30-17(22)15-16(24)21(18(29)31-15)8-7-19-11(2)23/h5-6,9,20H,4,7-8,10H2,1-3H3,(H,19,23). The predicted octanol–water partition coefficient (Wildman–Crippen LogP) is 1.60. The van der Waals surface area contributed by atoms with Gasteiger partial charge in [-0.05, 0) is 12.1 Å². The SMILES string of the molecule is CCNOS(=O)(=O)CN1C(=C2SC(=S)N(CCNC(C)=O)C2=O)Sc2ccc(OC)cc21. The monoisotopic (exact) mass is 518 g/mol. The van der Waals surface area contributed by atoms with Crippen molar-refractivity contribution in [3.8, 4) is 5.75 Å². The Kier molecular flexibility index (Phi) is 8.06. The maximum Gasteiger partial charge on any atom is 0.302 e. The van der Waals surface area contributed by atoms with Crippen molar-refractivity contribution in [1.82, 2.24) is 15.7 Å². The number of thioether (sulfide) groups is 2. The average Bonchev–Trinajstić information content (AvgIpc) is 3.22. The summed E-state index contributed by atoms with van der Waals surface area (Å²) in [7, 11) is -2.49. The maximum atomic E-state index is 13.1. The third-order valence-electron chi connectivity index (χ3n) is 4.28. The molecule has 2 heterocycles. The fraction of sp³-hybridized carbons (Fsp3) is 0.389. The minimum absolute atomic E-state index is 0.207. The lowest BCUT2D eigenvalue weighted by atomic mass is 10.3. The zero-order valence-electron chi connectivity index (χ0n) is 17.5. The van der Waals surface area contributed by atoms with E-state index in [2.05, 4.69) is 10.8 Å². The fourth-order valence-electron chi connectivity index (χ4n) is 2.88. The van der Waals surface area contributed by atoms with Crippen LogP contribution >= 0.6 is 35.7 Å². The molecule has 1 fully saturated rings. The van der Waals surface area contributed by atoms with Crippen LogP contribution < -0.4 is 20.4 Å². The van der Waals surface area contributed by atoms with Crippen LogP contribution in [0.3, 0.4) is 0 Å². The lowest BCUT2D eigenvalue weighted by molar-refractivity contribution is -0.123. The summed E-state index contributed by atoms with van der Waals surface area (Å²) in [6.45, 7) is 3.87. The van der Waals surface area contributed by atoms with E-state index in [0.29, 0.717) is 32.2 Å². The molecule has 0 unspecified atom stereocenters. The number of hydrogen-bond acceptors (Lipinski definition) is 11. The van der Waals surface area contributed by atoms with Gasteiger partial charge in [0.25, 0.3) is 5.91 Å². The zero-order valence-corrected chi connectivity index (χ0v) is 20.8. The smallest absolute Gasteiger partial charge is 0.302 e. The zero-order chi connectivity index (χ0) is 23.5. The van der Waals surface area contributed by atoms with Gasteiger partial charge >= 0.3 is 10.1 Å². The number of fused-ring (bicyclic) bond motifs is 1. The number of nitrogens with one attached hydrogen (secondary N) is 2. The summed E-state index contributed by atoms with van der Waals surface area (Å²) in [5.41, 5.74) is 2.93. The van der Waals surface area contributed by atoms with Crippen LogP contribution in [0.2, 0.25) is 0 Å². The third kappa shape index (κ3) is 5.55. The van der Waals surface area contributed by atoms with Gasteiger partial charge in [0.2, 0.25) is 5.91 Å². The number of carbonyl (C=O) groups excluding carboxylic acids is 2. The predicted molar refractivity (Wildman–Crippen MR) is 127 cm³/mol. The van der Waals surface area contributed by atoms with Gasteiger partial charge in [0.15, 0.2) is 5.88 Å². The van der Waals surface area contributed by atoms with Gasteiger partial charge in [0, 0.05) is 37.5 Å². The molecule has 2 amide bonds. The minimum Gasteiger partial charge on any atom is -0.497 e. The van der Waals surface area contributed by atoms with E-state index in [1.165, 1.54) is 35.6 Å². The number of benzene rings is 1. The first kappa shape index (κ1) is 24.8. The van der Waals surface area contributed by atoms with Crippen LogP contribution in [-0.4, -0.2) is 62.1 Å². The Morgan fingerprint density at radius 3 is 2.66 bits per heavy atom. The highest BCUT2D eigenvalue weighted by molar-refractivity contribution is 8.27. The summed E-state index contributed by atoms with van der Waals surface area (Å²) >= 11 is 7.73. The van der Waals surface area contributed by atoms with Crippen LogP contribution in [0.5, 0.6) is 5.75 Å². The van der Waals surface area contributed by atoms with Gasteiger partial charge in [-0.2, -0.15) is 18.2 Å². The van der Waals surface area contributed by atoms with E-state index in [4.69, 9.17) is 21.2 Å². The molecule has 0 bridgehead atoms. The van der Waals surface area contributed by atoms with Crippen molar-refractivity contribution in [3.05, 3.63) is 28.1 Å². The van der Waals surface area contributed by atoms with Gasteiger partial charge < -0.3 is 15.0 Å². The molecule has 1 aromatic carbocycles. The highest BCUT2D eigenvalue weighted by Crippen LogP contribution is 2.51. The Balaban J connectivity index is 1.96. The summed E-state index contributed by atoms with van der Waals surface area (Å²) < 4.78 is 35.5. The quantitative estimate of drug-likeness (QED) is 0.282. The third-order valence-corrected chi connectivity index (χ3v) is 7.97. The van der Waals surface area contributed by atoms with Crippen LogP contribution in [0.1, 0.15) is 13.8 Å². The second kappa shape index (κ2) is 10.4. The van der Waals surface area contributed by atoms with Crippen molar-refractivity contribution in [1.29, 1.82) is 0 Å². The fourth-order valence-corrected chi connectivity index (χ4v) is 6.50. The van der Waals surface area contributed by atoms with Crippen LogP contribution in [-0.2, 0) is 24.0 Å². The van der Waals surface area contributed by atoms with E-state index in [-0.39, 0.29) is 24.9 Å². The summed E-state index contributed by atoms with van der Waals surface area (Å²) in [6, 6.07) is 5.26. The lowest BCUT2D eigenvalue weighted by Crippen LogP contribution is -2.37. The molecule has 0 atom stereocenters. The molecule has 0 aromatic heterocycles. The van der Waals surface area contributed by atoms with Gasteiger partial charge in [-0.1, -0.05) is 42.7 Å². The molecule has 14 heteroatoms. The molecule has 2 aliphatic heterocycles. The molecular formula is C18H22N4O6S4. The van der Waals surface area contributed by atoms with Gasteiger partial charge in [-0.3, -0.25) is 14.5 Å². The Labute approximate surface area is 200 Å². The Hall–Kier alpha value is -1.84. The van der Waals surface area contributed by atoms with E-state index in [1.807, 2.05) is 0 Å². The number of rotatable bonds is 9. The maximum absolute atomic E-state index is 13.1. The number of carbonyl (C=O) groups is 2. The second-order valence-electron chi connectivity index (χ2n) is 6.57. The molecule has 0 spiro atoms. The number of thiocarbonyl (C=S) groups is 1. The Morgan fingerprint density at radius 1 is 1.25 bits per heavy atom. The first-order valence-electron chi connectivity index (χ1n) is 9.46. The number of ether oxygens (including phenoxy) is 1. The van der Waals surface area contributed by atoms with Crippen molar-refractivity contribution in [3.63, 3.8) is 0 Å². The molecule has 0 radical (unpaired) electrons. The Bertz CT molecular complexity index is 1080. The minimum atomic E-state index is -4.01. The van der Waals surface area contributed by atoms with E-state index in [1.54, 1.807) is 25.1 Å². The van der Waals surface area contributed by atoms with Crippen LogP contribution in [0.4, 0.5) is 5.69 Å². The molecule has 32 heavy (non-hydrogen) atoms. The highest BCUT2D eigenvalue weighted by atomic mass is 32.2. The van der Waals surface area contributed by atoms with Gasteiger partial charge in [0.1, 0.15) is 20.0 Å². The van der Waals surface area contributed by atoms with Crippen LogP contribution in [0.25, 0.3) is 0 Å². The number of hydroxylamine groups is 1. The summed E-state index contributed by atoms with van der Waals surface area (Å²) in [4.78, 5) is 28.2. The van der Waals surface area contributed by atoms with Crippen LogP contribution in [0, 0.1) is 0 Å². The van der Waals surface area contributed by atoms with E-state index >= 15 is 0 Å². The summed E-state index contributed by atoms with van der Waals surface area (Å²) in [5, 5.41) is 3.08. The molecule has 174 valence electrons. The number of hydrogen-bond donors (Lipinski definition) is 2. The normalized spacial score (nSPS) is 18.3. The Morgan fingerprint density at radius 2 is 2.00 bits per heavy atom. The number of methoxy groups -OCH3 is 1. The molecule has 10 nitrogen and oxygen atoms in total. The van der Waals surface area contributed by atoms with Crippen molar-refractivity contribution in [2.45, 2.75) is 18.7 Å². The lowest BCUT2D eigenvalue weighted by Gasteiger charge is -2.21. The molecular weight excluding hydrogens is 496 g/mol. The summed E-state index contributed by atoms with van der Waals surface area (Å²) in [5.74, 6) is -0.522. The van der Waals surface area contributed by atoms with Crippen molar-refractivity contribution < 1.29 is 27.0 Å². The molecule has 3 rings (SSSR count). The van der Waals surface area contributed by atoms with E-state index < -0.39 is 16.0 Å². The van der Waals surface area contributed by atoms with Crippen molar-refractivity contribution in [2.75, 3.05) is 37.5 Å². The van der Waals surface area contributed by atoms with E-state index in [0.717, 1.165) is 16.7 Å². The van der Waals surface area contributed by atoms with Crippen LogP contribution in [0.15, 0.2) is 33.0 Å². The first-order chi connectivity index (χ1) is 15.2. The van der Waals surface area contributed by atoms with Crippen molar-refractivity contribution >= 4 is 67.7 Å². The molecule has 2 aliphatic rings. The van der Waals surface area contributed by atoms with E-state index in [9.17, 15) is 18.0 Å². The molecule has 2 N–H and O–H groups in total. The second-order valence-corrected chi connectivity index (χ2v) is 10.8. The molecule has 0 saturated carbocycles. The number of nitrogens with zero attached hydrogens (tertiary/aromatic N) is 2. The van der Waals surface area contributed by atoms with Gasteiger partial charge in [-0.15, -0.1) is 0 Å². The number of amides is 2. The topological polar surface area (TPSA) is 117 Å². The molecule has 1 saturated heterocycles.